The quantitative estimate of drug-likeness (QED) is 0.453. The van der Waals surface area contributed by atoms with Gasteiger partial charge in [0.25, 0.3) is 0 Å². The van der Waals surface area contributed by atoms with Crippen LogP contribution in [0.3, 0.4) is 0 Å². The molecule has 0 unspecified atom stereocenters. The van der Waals surface area contributed by atoms with Crippen LogP contribution in [0.5, 0.6) is 0 Å². The molecule has 0 aliphatic carbocycles. The summed E-state index contributed by atoms with van der Waals surface area (Å²) in [7, 11) is 0. The van der Waals surface area contributed by atoms with E-state index in [0.717, 1.165) is 43.5 Å². The summed E-state index contributed by atoms with van der Waals surface area (Å²) in [6, 6.07) is 20.0. The Balaban J connectivity index is 0.000000701. The van der Waals surface area contributed by atoms with Gasteiger partial charge in [-0.25, -0.2) is 0 Å². The van der Waals surface area contributed by atoms with E-state index in [0.29, 0.717) is 19.4 Å². The fourth-order valence-electron chi connectivity index (χ4n) is 3.71. The lowest BCUT2D eigenvalue weighted by Gasteiger charge is -2.34. The fourth-order valence-corrected chi connectivity index (χ4v) is 3.71. The number of benzene rings is 2. The molecule has 2 rings (SSSR count). The molecule has 31 heavy (non-hydrogen) atoms. The van der Waals surface area contributed by atoms with Crippen LogP contribution in [0.1, 0.15) is 44.7 Å². The van der Waals surface area contributed by atoms with Crippen molar-refractivity contribution in [3.05, 3.63) is 71.8 Å². The largest absolute Gasteiger partial charge is 0.550 e. The second-order valence-corrected chi connectivity index (χ2v) is 7.80. The number of rotatable bonds is 12. The van der Waals surface area contributed by atoms with Crippen molar-refractivity contribution in [1.29, 1.82) is 0 Å². The SMILES string of the molecule is Br.CC[N+](CC)(CC)CCO.O=C([O-])C(CCc1ccccc1)CCc1ccccc1. The van der Waals surface area contributed by atoms with Gasteiger partial charge in [0.1, 0.15) is 6.54 Å². The number of aliphatic hydroxyl groups is 1. The van der Waals surface area contributed by atoms with Crippen LogP contribution in [0.25, 0.3) is 0 Å². The summed E-state index contributed by atoms with van der Waals surface area (Å²) >= 11 is 0. The zero-order valence-corrected chi connectivity index (χ0v) is 21.0. The minimum absolute atomic E-state index is 0. The van der Waals surface area contributed by atoms with Gasteiger partial charge in [0.15, 0.2) is 0 Å². The summed E-state index contributed by atoms with van der Waals surface area (Å²) in [5.41, 5.74) is 2.36. The molecule has 0 atom stereocenters. The van der Waals surface area contributed by atoms with E-state index >= 15 is 0 Å². The third-order valence-electron chi connectivity index (χ3n) is 6.17. The molecule has 0 aromatic heterocycles. The van der Waals surface area contributed by atoms with E-state index in [1.807, 2.05) is 60.7 Å². The molecule has 0 spiro atoms. The molecule has 0 bridgehead atoms. The van der Waals surface area contributed by atoms with E-state index in [1.165, 1.54) is 11.1 Å². The van der Waals surface area contributed by atoms with Gasteiger partial charge in [0.05, 0.1) is 26.2 Å². The first-order chi connectivity index (χ1) is 14.5. The summed E-state index contributed by atoms with van der Waals surface area (Å²) < 4.78 is 1.05. The lowest BCUT2D eigenvalue weighted by atomic mass is 9.93. The first kappa shape index (κ1) is 29.3. The Morgan fingerprint density at radius 3 is 1.48 bits per heavy atom. The number of nitrogens with zero attached hydrogens (tertiary/aromatic N) is 1. The number of carboxylic acid groups (broad SMARTS) is 1. The zero-order valence-electron chi connectivity index (χ0n) is 19.3. The number of carbonyl (C=O) groups is 1. The summed E-state index contributed by atoms with van der Waals surface area (Å²) in [5, 5.41) is 20.0. The normalized spacial score (nSPS) is 10.7. The highest BCUT2D eigenvalue weighted by atomic mass is 79.9. The first-order valence-electron chi connectivity index (χ1n) is 11.2. The Morgan fingerprint density at radius 2 is 1.23 bits per heavy atom. The number of aryl methyl sites for hydroxylation is 2. The fraction of sp³-hybridized carbons (Fsp3) is 0.500. The van der Waals surface area contributed by atoms with E-state index in [4.69, 9.17) is 5.11 Å². The van der Waals surface area contributed by atoms with Crippen molar-refractivity contribution in [2.45, 2.75) is 46.5 Å². The summed E-state index contributed by atoms with van der Waals surface area (Å²) in [6.45, 7) is 11.2. The average Bonchev–Trinajstić information content (AvgIpc) is 2.79. The Labute approximate surface area is 199 Å². The Hall–Kier alpha value is -1.69. The van der Waals surface area contributed by atoms with Gasteiger partial charge in [0.2, 0.25) is 0 Å². The molecule has 4 nitrogen and oxygen atoms in total. The van der Waals surface area contributed by atoms with Crippen molar-refractivity contribution >= 4 is 23.0 Å². The number of aliphatic carboxylic acids is 1. The summed E-state index contributed by atoms with van der Waals surface area (Å²) in [6.07, 6.45) is 2.85. The molecule has 2 aromatic carbocycles. The number of aliphatic hydroxyl groups excluding tert-OH is 1. The van der Waals surface area contributed by atoms with Crippen LogP contribution in [0.4, 0.5) is 0 Å². The van der Waals surface area contributed by atoms with Crippen molar-refractivity contribution in [2.75, 3.05) is 32.8 Å². The highest BCUT2D eigenvalue weighted by Gasteiger charge is 2.18. The minimum atomic E-state index is -0.933. The number of likely N-dealkylation sites (N-methyl/N-ethyl adjacent to an activating group) is 1. The highest BCUT2D eigenvalue weighted by molar-refractivity contribution is 8.93. The molecule has 0 aliphatic rings. The molecule has 0 saturated carbocycles. The minimum Gasteiger partial charge on any atom is -0.550 e. The zero-order chi connectivity index (χ0) is 22.2. The molecule has 0 radical (unpaired) electrons. The molecule has 0 saturated heterocycles. The molecular formula is C26H40BrNO3. The van der Waals surface area contributed by atoms with Crippen LogP contribution in [0.15, 0.2) is 60.7 Å². The van der Waals surface area contributed by atoms with E-state index in [9.17, 15) is 9.90 Å². The Bertz CT molecular complexity index is 639. The third kappa shape index (κ3) is 11.5. The molecule has 2 aromatic rings. The van der Waals surface area contributed by atoms with E-state index in [2.05, 4.69) is 20.8 Å². The number of hydrogen-bond donors (Lipinski definition) is 1. The maximum atomic E-state index is 11.2. The van der Waals surface area contributed by atoms with Gasteiger partial charge >= 0.3 is 0 Å². The molecule has 0 fully saturated rings. The predicted molar refractivity (Wildman–Crippen MR) is 132 cm³/mol. The third-order valence-corrected chi connectivity index (χ3v) is 6.17. The van der Waals surface area contributed by atoms with Gasteiger partial charge in [-0.15, -0.1) is 17.0 Å². The molecule has 5 heteroatoms. The van der Waals surface area contributed by atoms with Crippen molar-refractivity contribution in [3.8, 4) is 0 Å². The van der Waals surface area contributed by atoms with E-state index in [1.54, 1.807) is 0 Å². The lowest BCUT2D eigenvalue weighted by Crippen LogP contribution is -2.49. The van der Waals surface area contributed by atoms with Gasteiger partial charge in [-0.05, 0) is 63.5 Å². The number of carboxylic acids is 1. The first-order valence-corrected chi connectivity index (χ1v) is 11.2. The topological polar surface area (TPSA) is 60.4 Å². The van der Waals surface area contributed by atoms with Crippen LogP contribution >= 0.6 is 17.0 Å². The Kier molecular flexibility index (Phi) is 16.0. The number of halogens is 1. The Morgan fingerprint density at radius 1 is 0.839 bits per heavy atom. The molecule has 1 N–H and O–H groups in total. The van der Waals surface area contributed by atoms with Crippen molar-refractivity contribution < 1.29 is 19.5 Å². The maximum Gasteiger partial charge on any atom is 0.102 e. The molecule has 0 heterocycles. The number of quaternary nitrogens is 1. The predicted octanol–water partition coefficient (Wildman–Crippen LogP) is 4.05. The summed E-state index contributed by atoms with van der Waals surface area (Å²) in [5.74, 6) is -1.31. The number of hydrogen-bond acceptors (Lipinski definition) is 3. The van der Waals surface area contributed by atoms with Crippen LogP contribution in [-0.4, -0.2) is 48.3 Å². The monoisotopic (exact) mass is 493 g/mol. The van der Waals surface area contributed by atoms with Crippen LogP contribution in [0, 0.1) is 5.92 Å². The molecular weight excluding hydrogens is 454 g/mol. The molecule has 174 valence electrons. The van der Waals surface area contributed by atoms with Gasteiger partial charge in [-0.3, -0.25) is 0 Å². The van der Waals surface area contributed by atoms with Crippen molar-refractivity contribution in [3.63, 3.8) is 0 Å². The van der Waals surface area contributed by atoms with Crippen LogP contribution in [-0.2, 0) is 17.6 Å². The summed E-state index contributed by atoms with van der Waals surface area (Å²) in [4.78, 5) is 11.2. The van der Waals surface area contributed by atoms with Gasteiger partial charge in [-0.2, -0.15) is 0 Å². The smallest absolute Gasteiger partial charge is 0.102 e. The van der Waals surface area contributed by atoms with Crippen molar-refractivity contribution in [1.82, 2.24) is 0 Å². The second-order valence-electron chi connectivity index (χ2n) is 7.80. The van der Waals surface area contributed by atoms with E-state index < -0.39 is 5.97 Å². The van der Waals surface area contributed by atoms with Crippen molar-refractivity contribution in [2.24, 2.45) is 5.92 Å². The number of carbonyl (C=O) groups excluding carboxylic acids is 1. The molecule has 0 amide bonds. The standard InChI is InChI=1S/C18H20O2.C8H20NO.BrH/c19-18(20)17(13-11-15-7-3-1-4-8-15)14-12-16-9-5-2-6-10-16;1-4-9(5-2,6-3)7-8-10;/h1-10,17H,11-14H2,(H,19,20);10H,4-8H2,1-3H3;1H/q;+1;/p-1. The van der Waals surface area contributed by atoms with Gasteiger partial charge in [0, 0.05) is 5.97 Å². The average molecular weight is 495 g/mol. The lowest BCUT2D eigenvalue weighted by molar-refractivity contribution is -0.923. The van der Waals surface area contributed by atoms with E-state index in [-0.39, 0.29) is 22.9 Å². The van der Waals surface area contributed by atoms with Crippen LogP contribution in [0.2, 0.25) is 0 Å². The molecule has 0 aliphatic heterocycles. The van der Waals surface area contributed by atoms with Gasteiger partial charge < -0.3 is 19.5 Å². The van der Waals surface area contributed by atoms with Gasteiger partial charge in [-0.1, -0.05) is 60.7 Å². The second kappa shape index (κ2) is 16.9. The maximum absolute atomic E-state index is 11.2. The van der Waals surface area contributed by atoms with Crippen LogP contribution < -0.4 is 5.11 Å². The highest BCUT2D eigenvalue weighted by Crippen LogP contribution is 2.16.